The largest absolute Gasteiger partial charge is 0.508 e. The molecule has 2 aromatic rings. The quantitative estimate of drug-likeness (QED) is 0.770. The highest BCUT2D eigenvalue weighted by atomic mass is 35.5. The number of halogens is 1. The van der Waals surface area contributed by atoms with Crippen molar-refractivity contribution in [3.8, 4) is 5.75 Å². The van der Waals surface area contributed by atoms with Crippen LogP contribution in [0.5, 0.6) is 5.75 Å². The Morgan fingerprint density at radius 2 is 1.93 bits per heavy atom. The standard InChI is InChI=1S/C23H27ClN2O2/c24-20-9-7-19(8-10-20)23(11-12-23)22(28)25-14-17-4-3-13-26(15-17)16-18-5-1-2-6-21(18)27/h1-2,5-10,17,27H,3-4,11-16H2,(H,25,28)/t17-/m0/s1. The maximum absolute atomic E-state index is 12.9. The van der Waals surface area contributed by atoms with Crippen LogP contribution in [0.4, 0.5) is 0 Å². The molecule has 0 radical (unpaired) electrons. The Labute approximate surface area is 171 Å². The number of para-hydroxylation sites is 1. The fourth-order valence-corrected chi connectivity index (χ4v) is 4.42. The van der Waals surface area contributed by atoms with Crippen molar-refractivity contribution in [3.05, 3.63) is 64.7 Å². The van der Waals surface area contributed by atoms with Gasteiger partial charge in [-0.1, -0.05) is 41.9 Å². The number of phenolic OH excluding ortho intramolecular Hbond substituents is 1. The second kappa shape index (κ2) is 8.14. The summed E-state index contributed by atoms with van der Waals surface area (Å²) >= 11 is 5.99. The molecule has 2 fully saturated rings. The Hall–Kier alpha value is -2.04. The van der Waals surface area contributed by atoms with Gasteiger partial charge in [-0.15, -0.1) is 0 Å². The predicted octanol–water partition coefficient (Wildman–Crippen LogP) is 4.11. The Kier molecular flexibility index (Phi) is 5.61. The van der Waals surface area contributed by atoms with Crippen LogP contribution in [0.1, 0.15) is 36.8 Å². The maximum Gasteiger partial charge on any atom is 0.230 e. The summed E-state index contributed by atoms with van der Waals surface area (Å²) in [6.45, 7) is 3.45. The molecule has 1 atom stereocenters. The Balaban J connectivity index is 1.31. The molecular weight excluding hydrogens is 372 g/mol. The Bertz CT molecular complexity index is 833. The van der Waals surface area contributed by atoms with E-state index in [2.05, 4.69) is 10.2 Å². The number of hydrogen-bond donors (Lipinski definition) is 2. The van der Waals surface area contributed by atoms with Crippen LogP contribution in [0.3, 0.4) is 0 Å². The highest BCUT2D eigenvalue weighted by molar-refractivity contribution is 6.30. The Morgan fingerprint density at radius 3 is 2.64 bits per heavy atom. The average molecular weight is 399 g/mol. The number of carbonyl (C=O) groups is 1. The lowest BCUT2D eigenvalue weighted by Gasteiger charge is -2.33. The Morgan fingerprint density at radius 1 is 1.18 bits per heavy atom. The lowest BCUT2D eigenvalue weighted by Crippen LogP contribution is -2.43. The van der Waals surface area contributed by atoms with Gasteiger partial charge in [0.2, 0.25) is 5.91 Å². The maximum atomic E-state index is 12.9. The van der Waals surface area contributed by atoms with E-state index in [0.29, 0.717) is 23.2 Å². The first kappa shape index (κ1) is 19.3. The molecule has 2 aromatic carbocycles. The molecule has 1 aliphatic carbocycles. The number of hydrogen-bond acceptors (Lipinski definition) is 3. The second-order valence-corrected chi connectivity index (χ2v) is 8.61. The monoisotopic (exact) mass is 398 g/mol. The van der Waals surface area contributed by atoms with Gasteiger partial charge in [0.1, 0.15) is 5.75 Å². The van der Waals surface area contributed by atoms with Crippen LogP contribution < -0.4 is 5.32 Å². The van der Waals surface area contributed by atoms with Gasteiger partial charge in [-0.3, -0.25) is 9.69 Å². The second-order valence-electron chi connectivity index (χ2n) is 8.17. The van der Waals surface area contributed by atoms with E-state index in [0.717, 1.165) is 56.4 Å². The number of piperidine rings is 1. The number of aromatic hydroxyl groups is 1. The first-order chi connectivity index (χ1) is 13.6. The molecule has 1 amide bonds. The van der Waals surface area contributed by atoms with Crippen molar-refractivity contribution in [2.45, 2.75) is 37.6 Å². The molecule has 1 aliphatic heterocycles. The lowest BCUT2D eigenvalue weighted by atomic mass is 9.93. The third-order valence-electron chi connectivity index (χ3n) is 6.12. The summed E-state index contributed by atoms with van der Waals surface area (Å²) in [4.78, 5) is 15.3. The average Bonchev–Trinajstić information content (AvgIpc) is 3.51. The predicted molar refractivity (Wildman–Crippen MR) is 111 cm³/mol. The summed E-state index contributed by atoms with van der Waals surface area (Å²) in [7, 11) is 0. The molecule has 1 saturated carbocycles. The van der Waals surface area contributed by atoms with Crippen molar-refractivity contribution in [3.63, 3.8) is 0 Å². The van der Waals surface area contributed by atoms with Gasteiger partial charge >= 0.3 is 0 Å². The number of benzene rings is 2. The van der Waals surface area contributed by atoms with Gasteiger partial charge in [0, 0.05) is 30.2 Å². The van der Waals surface area contributed by atoms with Crippen LogP contribution >= 0.6 is 11.6 Å². The van der Waals surface area contributed by atoms with Gasteiger partial charge in [-0.05, 0) is 61.9 Å². The summed E-state index contributed by atoms with van der Waals surface area (Å²) in [5.41, 5.74) is 1.68. The van der Waals surface area contributed by atoms with Gasteiger partial charge in [-0.25, -0.2) is 0 Å². The van der Waals surface area contributed by atoms with E-state index in [4.69, 9.17) is 11.6 Å². The zero-order valence-corrected chi connectivity index (χ0v) is 16.8. The number of nitrogens with zero attached hydrogens (tertiary/aromatic N) is 1. The molecule has 0 spiro atoms. The minimum Gasteiger partial charge on any atom is -0.508 e. The minimum atomic E-state index is -0.352. The topological polar surface area (TPSA) is 52.6 Å². The number of carbonyl (C=O) groups excluding carboxylic acids is 1. The summed E-state index contributed by atoms with van der Waals surface area (Å²) in [6, 6.07) is 15.2. The van der Waals surface area contributed by atoms with Crippen molar-refractivity contribution < 1.29 is 9.90 Å². The number of likely N-dealkylation sites (tertiary alicyclic amines) is 1. The van der Waals surface area contributed by atoms with Gasteiger partial charge < -0.3 is 10.4 Å². The SMILES string of the molecule is O=C(NC[C@@H]1CCCN(Cc2ccccc2O)C1)C1(c2ccc(Cl)cc2)CC1. The number of amides is 1. The van der Waals surface area contributed by atoms with Gasteiger partial charge in [-0.2, -0.15) is 0 Å². The van der Waals surface area contributed by atoms with Gasteiger partial charge in [0.25, 0.3) is 0 Å². The van der Waals surface area contributed by atoms with E-state index >= 15 is 0 Å². The molecular formula is C23H27ClN2O2. The fraction of sp³-hybridized carbons (Fsp3) is 0.435. The lowest BCUT2D eigenvalue weighted by molar-refractivity contribution is -0.123. The van der Waals surface area contributed by atoms with Gasteiger partial charge in [0.05, 0.1) is 5.41 Å². The summed E-state index contributed by atoms with van der Waals surface area (Å²) in [6.07, 6.45) is 4.07. The zero-order valence-electron chi connectivity index (χ0n) is 16.0. The normalized spacial score (nSPS) is 21.2. The first-order valence-electron chi connectivity index (χ1n) is 10.1. The van der Waals surface area contributed by atoms with Crippen molar-refractivity contribution in [2.75, 3.05) is 19.6 Å². The van der Waals surface area contributed by atoms with Crippen LogP contribution in [0.15, 0.2) is 48.5 Å². The van der Waals surface area contributed by atoms with Crippen molar-refractivity contribution in [1.82, 2.24) is 10.2 Å². The van der Waals surface area contributed by atoms with Crippen LogP contribution in [-0.2, 0) is 16.8 Å². The van der Waals surface area contributed by atoms with Crippen LogP contribution in [0, 0.1) is 5.92 Å². The van der Waals surface area contributed by atoms with Crippen molar-refractivity contribution in [2.24, 2.45) is 5.92 Å². The molecule has 2 N–H and O–H groups in total. The molecule has 1 saturated heterocycles. The van der Waals surface area contributed by atoms with Crippen LogP contribution in [0.2, 0.25) is 5.02 Å². The summed E-state index contributed by atoms with van der Waals surface area (Å²) in [5, 5.41) is 13.9. The van der Waals surface area contributed by atoms with Crippen LogP contribution in [0.25, 0.3) is 0 Å². The molecule has 2 aliphatic rings. The molecule has 5 heteroatoms. The highest BCUT2D eigenvalue weighted by Gasteiger charge is 2.51. The fourth-order valence-electron chi connectivity index (χ4n) is 4.29. The zero-order chi connectivity index (χ0) is 19.6. The van der Waals surface area contributed by atoms with Gasteiger partial charge in [0.15, 0.2) is 0 Å². The van der Waals surface area contributed by atoms with E-state index in [-0.39, 0.29) is 11.3 Å². The molecule has 4 nitrogen and oxygen atoms in total. The highest BCUT2D eigenvalue weighted by Crippen LogP contribution is 2.48. The van der Waals surface area contributed by atoms with E-state index < -0.39 is 0 Å². The smallest absolute Gasteiger partial charge is 0.230 e. The molecule has 0 aromatic heterocycles. The number of nitrogens with one attached hydrogen (secondary N) is 1. The molecule has 0 unspecified atom stereocenters. The van der Waals surface area contributed by atoms with E-state index in [1.807, 2.05) is 42.5 Å². The summed E-state index contributed by atoms with van der Waals surface area (Å²) in [5.74, 6) is 0.953. The van der Waals surface area contributed by atoms with E-state index in [1.54, 1.807) is 6.07 Å². The molecule has 148 valence electrons. The molecule has 1 heterocycles. The van der Waals surface area contributed by atoms with Crippen LogP contribution in [-0.4, -0.2) is 35.5 Å². The van der Waals surface area contributed by atoms with Crippen molar-refractivity contribution >= 4 is 17.5 Å². The molecule has 0 bridgehead atoms. The van der Waals surface area contributed by atoms with E-state index in [9.17, 15) is 9.90 Å². The first-order valence-corrected chi connectivity index (χ1v) is 10.5. The molecule has 28 heavy (non-hydrogen) atoms. The summed E-state index contributed by atoms with van der Waals surface area (Å²) < 4.78 is 0. The third-order valence-corrected chi connectivity index (χ3v) is 6.37. The molecule has 4 rings (SSSR count). The minimum absolute atomic E-state index is 0.146. The van der Waals surface area contributed by atoms with Crippen molar-refractivity contribution in [1.29, 1.82) is 0 Å². The van der Waals surface area contributed by atoms with E-state index in [1.165, 1.54) is 0 Å². The third kappa shape index (κ3) is 4.18. The number of rotatable bonds is 6. The number of phenols is 1.